The summed E-state index contributed by atoms with van der Waals surface area (Å²) in [7, 11) is 4.08. The summed E-state index contributed by atoms with van der Waals surface area (Å²) in [5, 5.41) is 14.6. The Hall–Kier alpha value is -2.41. The molecule has 2 N–H and O–H groups in total. The van der Waals surface area contributed by atoms with Gasteiger partial charge in [-0.2, -0.15) is 10.1 Å². The quantitative estimate of drug-likeness (QED) is 0.725. The third-order valence-electron chi connectivity index (χ3n) is 4.01. The summed E-state index contributed by atoms with van der Waals surface area (Å²) < 4.78 is 0. The Bertz CT molecular complexity index is 668. The molecule has 1 aromatic heterocycles. The monoisotopic (exact) mass is 343 g/mol. The minimum absolute atomic E-state index is 0.494. The van der Waals surface area contributed by atoms with Crippen LogP contribution in [0.1, 0.15) is 19.4 Å². The molecule has 0 unspecified atom stereocenters. The van der Waals surface area contributed by atoms with Gasteiger partial charge in [0.2, 0.25) is 5.95 Å². The maximum atomic E-state index is 4.47. The van der Waals surface area contributed by atoms with E-state index in [0.29, 0.717) is 5.95 Å². The van der Waals surface area contributed by atoms with E-state index in [1.54, 1.807) is 6.20 Å². The van der Waals surface area contributed by atoms with E-state index in [0.717, 1.165) is 43.2 Å². The maximum absolute atomic E-state index is 4.47. The smallest absolute Gasteiger partial charge is 0.249 e. The lowest BCUT2D eigenvalue weighted by Gasteiger charge is -2.22. The molecule has 2 aromatic rings. The lowest BCUT2D eigenvalue weighted by molar-refractivity contribution is 0.425. The van der Waals surface area contributed by atoms with Gasteiger partial charge in [0.05, 0.1) is 6.20 Å². The highest BCUT2D eigenvalue weighted by Crippen LogP contribution is 2.24. The zero-order valence-electron chi connectivity index (χ0n) is 15.9. The van der Waals surface area contributed by atoms with E-state index < -0.39 is 0 Å². The molecule has 0 aliphatic heterocycles. The Morgan fingerprint density at radius 2 is 1.88 bits per heavy atom. The Morgan fingerprint density at radius 3 is 2.52 bits per heavy atom. The van der Waals surface area contributed by atoms with Gasteiger partial charge in [0, 0.05) is 37.6 Å². The van der Waals surface area contributed by atoms with Gasteiger partial charge in [-0.25, -0.2) is 0 Å². The van der Waals surface area contributed by atoms with Gasteiger partial charge in [0.1, 0.15) is 0 Å². The second kappa shape index (κ2) is 9.17. The van der Waals surface area contributed by atoms with Gasteiger partial charge in [-0.15, -0.1) is 5.10 Å². The molecule has 0 aliphatic rings. The molecule has 0 spiro atoms. The van der Waals surface area contributed by atoms with Crippen molar-refractivity contribution >= 4 is 23.1 Å². The molecule has 25 heavy (non-hydrogen) atoms. The van der Waals surface area contributed by atoms with Crippen LogP contribution in [0.4, 0.5) is 23.1 Å². The number of nitrogens with one attached hydrogen (secondary N) is 2. The van der Waals surface area contributed by atoms with Crippen LogP contribution in [0.15, 0.2) is 24.4 Å². The predicted octanol–water partition coefficient (Wildman–Crippen LogP) is 2.74. The van der Waals surface area contributed by atoms with Crippen molar-refractivity contribution in [3.63, 3.8) is 0 Å². The number of nitrogens with zero attached hydrogens (tertiary/aromatic N) is 5. The molecule has 0 radical (unpaired) electrons. The van der Waals surface area contributed by atoms with Crippen molar-refractivity contribution in [3.8, 4) is 0 Å². The van der Waals surface area contributed by atoms with Crippen LogP contribution in [-0.4, -0.2) is 60.4 Å². The summed E-state index contributed by atoms with van der Waals surface area (Å²) in [5.74, 6) is 1.21. The fraction of sp³-hybridized carbons (Fsp3) is 0.500. The molecule has 0 fully saturated rings. The second-order valence-corrected chi connectivity index (χ2v) is 6.19. The van der Waals surface area contributed by atoms with Crippen molar-refractivity contribution in [1.29, 1.82) is 0 Å². The number of aryl methyl sites for hydroxylation is 1. The van der Waals surface area contributed by atoms with Gasteiger partial charge in [0.15, 0.2) is 5.82 Å². The van der Waals surface area contributed by atoms with Gasteiger partial charge in [-0.1, -0.05) is 0 Å². The number of hydrogen-bond acceptors (Lipinski definition) is 7. The molecule has 136 valence electrons. The minimum atomic E-state index is 0.494. The Morgan fingerprint density at radius 1 is 1.12 bits per heavy atom. The lowest BCUT2D eigenvalue weighted by atomic mass is 10.1. The van der Waals surface area contributed by atoms with Crippen molar-refractivity contribution in [3.05, 3.63) is 30.0 Å². The van der Waals surface area contributed by atoms with E-state index in [1.165, 1.54) is 5.69 Å². The molecule has 1 aromatic carbocycles. The average molecular weight is 343 g/mol. The number of benzene rings is 1. The summed E-state index contributed by atoms with van der Waals surface area (Å²) in [6.07, 6.45) is 1.64. The van der Waals surface area contributed by atoms with Crippen molar-refractivity contribution in [2.45, 2.75) is 20.8 Å². The number of hydrogen-bond donors (Lipinski definition) is 2. The first-order chi connectivity index (χ1) is 12.0. The fourth-order valence-electron chi connectivity index (χ4n) is 2.54. The predicted molar refractivity (Wildman–Crippen MR) is 105 cm³/mol. The molecule has 2 rings (SSSR count). The number of aromatic nitrogens is 3. The Labute approximate surface area is 150 Å². The molecule has 0 saturated carbocycles. The molecule has 0 atom stereocenters. The SMILES string of the molecule is CCN(CC)c1ccc(Nc2nncc(NCCN(C)C)n2)c(C)c1. The summed E-state index contributed by atoms with van der Waals surface area (Å²) in [4.78, 5) is 8.91. The number of likely N-dealkylation sites (N-methyl/N-ethyl adjacent to an activating group) is 1. The zero-order valence-corrected chi connectivity index (χ0v) is 15.9. The third-order valence-corrected chi connectivity index (χ3v) is 4.01. The van der Waals surface area contributed by atoms with Crippen LogP contribution in [-0.2, 0) is 0 Å². The molecule has 0 bridgehead atoms. The normalized spacial score (nSPS) is 10.8. The summed E-state index contributed by atoms with van der Waals surface area (Å²) in [6.45, 7) is 10.1. The lowest BCUT2D eigenvalue weighted by Crippen LogP contribution is -2.21. The number of rotatable bonds is 9. The molecule has 0 aliphatic carbocycles. The van der Waals surface area contributed by atoms with Gasteiger partial charge in [-0.05, 0) is 58.6 Å². The summed E-state index contributed by atoms with van der Waals surface area (Å²) >= 11 is 0. The largest absolute Gasteiger partial charge is 0.372 e. The first-order valence-corrected chi connectivity index (χ1v) is 8.74. The standard InChI is InChI=1S/C18H29N7/c1-6-25(7-2)15-8-9-16(14(3)12-15)21-18-22-17(13-20-23-18)19-10-11-24(4)5/h8-9,12-13H,6-7,10-11H2,1-5H3,(H2,19,21,22,23). The van der Waals surface area contributed by atoms with Gasteiger partial charge in [0.25, 0.3) is 0 Å². The zero-order chi connectivity index (χ0) is 18.2. The highest BCUT2D eigenvalue weighted by Gasteiger charge is 2.07. The van der Waals surface area contributed by atoms with Crippen LogP contribution < -0.4 is 15.5 Å². The van der Waals surface area contributed by atoms with Crippen LogP contribution in [0, 0.1) is 6.92 Å². The first kappa shape index (κ1) is 18.9. The van der Waals surface area contributed by atoms with Gasteiger partial charge in [-0.3, -0.25) is 0 Å². The van der Waals surface area contributed by atoms with Crippen molar-refractivity contribution in [2.24, 2.45) is 0 Å². The van der Waals surface area contributed by atoms with Crippen molar-refractivity contribution < 1.29 is 0 Å². The van der Waals surface area contributed by atoms with Gasteiger partial charge < -0.3 is 20.4 Å². The summed E-state index contributed by atoms with van der Waals surface area (Å²) in [6, 6.07) is 6.37. The fourth-order valence-corrected chi connectivity index (χ4v) is 2.54. The third kappa shape index (κ3) is 5.56. The molecule has 7 nitrogen and oxygen atoms in total. The average Bonchev–Trinajstić information content (AvgIpc) is 2.58. The van der Waals surface area contributed by atoms with Crippen molar-refractivity contribution in [1.82, 2.24) is 20.1 Å². The topological polar surface area (TPSA) is 69.2 Å². The van der Waals surface area contributed by atoms with Crippen LogP contribution in [0.5, 0.6) is 0 Å². The molecule has 1 heterocycles. The van der Waals surface area contributed by atoms with Crippen molar-refractivity contribution in [2.75, 3.05) is 55.8 Å². The minimum Gasteiger partial charge on any atom is -0.372 e. The van der Waals surface area contributed by atoms with E-state index in [9.17, 15) is 0 Å². The van der Waals surface area contributed by atoms with Crippen LogP contribution in [0.2, 0.25) is 0 Å². The van der Waals surface area contributed by atoms with Gasteiger partial charge >= 0.3 is 0 Å². The molecular formula is C18H29N7. The highest BCUT2D eigenvalue weighted by molar-refractivity contribution is 5.64. The van der Waals surface area contributed by atoms with E-state index in [-0.39, 0.29) is 0 Å². The van der Waals surface area contributed by atoms with Crippen LogP contribution >= 0.6 is 0 Å². The summed E-state index contributed by atoms with van der Waals surface area (Å²) in [5.41, 5.74) is 3.37. The van der Waals surface area contributed by atoms with E-state index in [1.807, 2.05) is 14.1 Å². The van der Waals surface area contributed by atoms with E-state index >= 15 is 0 Å². The Balaban J connectivity index is 2.06. The second-order valence-electron chi connectivity index (χ2n) is 6.19. The first-order valence-electron chi connectivity index (χ1n) is 8.74. The maximum Gasteiger partial charge on any atom is 0.249 e. The Kier molecular flexibility index (Phi) is 6.94. The molecule has 7 heteroatoms. The molecule has 0 amide bonds. The van der Waals surface area contributed by atoms with Crippen LogP contribution in [0.25, 0.3) is 0 Å². The van der Waals surface area contributed by atoms with Crippen LogP contribution in [0.3, 0.4) is 0 Å². The van der Waals surface area contributed by atoms with E-state index in [4.69, 9.17) is 0 Å². The molecular weight excluding hydrogens is 314 g/mol. The highest BCUT2D eigenvalue weighted by atomic mass is 15.3. The number of anilines is 4. The molecule has 0 saturated heterocycles. The van der Waals surface area contributed by atoms with E-state index in [2.05, 4.69) is 74.6 Å².